The van der Waals surface area contributed by atoms with E-state index in [1.54, 1.807) is 0 Å². The van der Waals surface area contributed by atoms with Gasteiger partial charge in [-0.25, -0.2) is 9.50 Å². The number of benzene rings is 2. The number of fused-ring (bicyclic) bond motifs is 3. The molecule has 5 rings (SSSR count). The molecular formula is C24H25ClN6O. The van der Waals surface area contributed by atoms with Crippen LogP contribution in [0.25, 0.3) is 16.6 Å². The summed E-state index contributed by atoms with van der Waals surface area (Å²) in [7, 11) is 0. The van der Waals surface area contributed by atoms with E-state index < -0.39 is 0 Å². The van der Waals surface area contributed by atoms with Crippen LogP contribution in [0.2, 0.25) is 5.02 Å². The molecule has 0 saturated carbocycles. The molecule has 0 spiro atoms. The van der Waals surface area contributed by atoms with Gasteiger partial charge in [-0.3, -0.25) is 9.69 Å². The zero-order valence-corrected chi connectivity index (χ0v) is 18.6. The molecule has 2 aromatic heterocycles. The van der Waals surface area contributed by atoms with Gasteiger partial charge < -0.3 is 10.6 Å². The van der Waals surface area contributed by atoms with Crippen molar-refractivity contribution in [3.63, 3.8) is 0 Å². The van der Waals surface area contributed by atoms with E-state index in [1.165, 1.54) is 0 Å². The van der Waals surface area contributed by atoms with Crippen molar-refractivity contribution < 1.29 is 4.79 Å². The van der Waals surface area contributed by atoms with Gasteiger partial charge in [-0.2, -0.15) is 5.10 Å². The zero-order valence-electron chi connectivity index (χ0n) is 17.9. The maximum atomic E-state index is 12.4. The summed E-state index contributed by atoms with van der Waals surface area (Å²) in [6.07, 6.45) is 1.87. The molecular weight excluding hydrogens is 424 g/mol. The normalized spacial score (nSPS) is 15.3. The molecule has 1 aliphatic heterocycles. The van der Waals surface area contributed by atoms with Crippen LogP contribution in [-0.2, 0) is 4.79 Å². The lowest BCUT2D eigenvalue weighted by atomic mass is 10.0. The van der Waals surface area contributed by atoms with Crippen molar-refractivity contribution in [1.82, 2.24) is 19.5 Å². The van der Waals surface area contributed by atoms with Gasteiger partial charge in [0.05, 0.1) is 17.8 Å². The number of aryl methyl sites for hydroxylation is 1. The molecule has 0 unspecified atom stereocenters. The van der Waals surface area contributed by atoms with Crippen LogP contribution in [0.3, 0.4) is 0 Å². The van der Waals surface area contributed by atoms with E-state index in [0.29, 0.717) is 17.2 Å². The monoisotopic (exact) mass is 448 g/mol. The average molecular weight is 449 g/mol. The number of rotatable bonds is 5. The lowest BCUT2D eigenvalue weighted by molar-refractivity contribution is -0.117. The Kier molecular flexibility index (Phi) is 5.68. The fraction of sp³-hybridized carbons (Fsp3) is 0.292. The second kappa shape index (κ2) is 8.76. The summed E-state index contributed by atoms with van der Waals surface area (Å²) in [5, 5.41) is 12.7. The number of amides is 1. The maximum Gasteiger partial charge on any atom is 0.238 e. The first kappa shape index (κ1) is 20.7. The molecule has 0 bridgehead atoms. The molecule has 32 heavy (non-hydrogen) atoms. The predicted octanol–water partition coefficient (Wildman–Crippen LogP) is 4.36. The number of hydrogen-bond donors (Lipinski definition) is 2. The number of nitrogens with one attached hydrogen (secondary N) is 2. The number of likely N-dealkylation sites (tertiary alicyclic amines) is 1. The Hall–Kier alpha value is -3.16. The van der Waals surface area contributed by atoms with E-state index in [2.05, 4.69) is 26.7 Å². The Bertz CT molecular complexity index is 1260. The van der Waals surface area contributed by atoms with Crippen molar-refractivity contribution in [2.45, 2.75) is 25.8 Å². The highest BCUT2D eigenvalue weighted by Gasteiger charge is 2.23. The minimum Gasteiger partial charge on any atom is -0.367 e. The van der Waals surface area contributed by atoms with Crippen molar-refractivity contribution >= 4 is 45.6 Å². The van der Waals surface area contributed by atoms with Crippen molar-refractivity contribution in [1.29, 1.82) is 0 Å². The minimum absolute atomic E-state index is 0.0199. The van der Waals surface area contributed by atoms with Crippen LogP contribution in [0.5, 0.6) is 0 Å². The molecule has 7 nitrogen and oxygen atoms in total. The third-order valence-corrected chi connectivity index (χ3v) is 6.37. The van der Waals surface area contributed by atoms with E-state index in [1.807, 2.05) is 60.0 Å². The van der Waals surface area contributed by atoms with Gasteiger partial charge in [-0.05, 0) is 44.0 Å². The van der Waals surface area contributed by atoms with Gasteiger partial charge >= 0.3 is 0 Å². The number of piperidine rings is 1. The Morgan fingerprint density at radius 2 is 1.81 bits per heavy atom. The molecule has 1 aliphatic rings. The van der Waals surface area contributed by atoms with Gasteiger partial charge in [0.1, 0.15) is 10.8 Å². The first-order chi connectivity index (χ1) is 15.6. The highest BCUT2D eigenvalue weighted by Crippen LogP contribution is 2.29. The van der Waals surface area contributed by atoms with Crippen molar-refractivity contribution in [3.05, 3.63) is 65.3 Å². The summed E-state index contributed by atoms with van der Waals surface area (Å²) in [6, 6.07) is 17.9. The third kappa shape index (κ3) is 4.13. The molecule has 1 saturated heterocycles. The summed E-state index contributed by atoms with van der Waals surface area (Å²) in [5.41, 5.74) is 3.24. The first-order valence-electron chi connectivity index (χ1n) is 10.9. The van der Waals surface area contributed by atoms with Crippen molar-refractivity contribution in [3.8, 4) is 0 Å². The SMILES string of the molecule is Cc1nn2c(nc(NC3CCN(CC(=O)Nc4ccccc4)CC3)c3ccccc32)c1Cl. The highest BCUT2D eigenvalue weighted by atomic mass is 35.5. The Morgan fingerprint density at radius 1 is 1.09 bits per heavy atom. The maximum absolute atomic E-state index is 12.4. The number of carbonyl (C=O) groups is 1. The predicted molar refractivity (Wildman–Crippen MR) is 128 cm³/mol. The van der Waals surface area contributed by atoms with E-state index in [9.17, 15) is 4.79 Å². The summed E-state index contributed by atoms with van der Waals surface area (Å²) in [5.74, 6) is 0.849. The highest BCUT2D eigenvalue weighted by molar-refractivity contribution is 6.34. The Balaban J connectivity index is 1.26. The van der Waals surface area contributed by atoms with Crippen LogP contribution in [0.1, 0.15) is 18.5 Å². The molecule has 0 atom stereocenters. The van der Waals surface area contributed by atoms with Gasteiger partial charge in [0, 0.05) is 30.2 Å². The van der Waals surface area contributed by atoms with Crippen LogP contribution < -0.4 is 10.6 Å². The van der Waals surface area contributed by atoms with E-state index in [4.69, 9.17) is 16.6 Å². The zero-order chi connectivity index (χ0) is 22.1. The summed E-state index contributed by atoms with van der Waals surface area (Å²) < 4.78 is 1.81. The molecule has 0 aliphatic carbocycles. The van der Waals surface area contributed by atoms with Gasteiger partial charge in [-0.1, -0.05) is 41.9 Å². The number of anilines is 2. The Morgan fingerprint density at radius 3 is 2.59 bits per heavy atom. The van der Waals surface area contributed by atoms with E-state index in [0.717, 1.165) is 54.0 Å². The van der Waals surface area contributed by atoms with Gasteiger partial charge in [-0.15, -0.1) is 0 Å². The molecule has 2 N–H and O–H groups in total. The topological polar surface area (TPSA) is 74.6 Å². The average Bonchev–Trinajstić information content (AvgIpc) is 3.10. The molecule has 1 amide bonds. The van der Waals surface area contributed by atoms with Crippen LogP contribution in [-0.4, -0.2) is 51.1 Å². The van der Waals surface area contributed by atoms with Crippen LogP contribution in [0, 0.1) is 6.92 Å². The van der Waals surface area contributed by atoms with Gasteiger partial charge in [0.15, 0.2) is 5.65 Å². The fourth-order valence-corrected chi connectivity index (χ4v) is 4.41. The standard InChI is InChI=1S/C24H25ClN6O/c1-16-22(25)24-28-23(19-9-5-6-10-20(19)31(24)29-16)27-18-11-13-30(14-12-18)15-21(32)26-17-7-3-2-4-8-17/h2-10,18H,11-15H2,1H3,(H,26,32)(H,27,28). The second-order valence-corrected chi connectivity index (χ2v) is 8.60. The summed E-state index contributed by atoms with van der Waals surface area (Å²) in [6.45, 7) is 4.00. The quantitative estimate of drug-likeness (QED) is 0.474. The number of aromatic nitrogens is 3. The molecule has 164 valence electrons. The molecule has 2 aromatic carbocycles. The lowest BCUT2D eigenvalue weighted by Gasteiger charge is -2.32. The molecule has 4 aromatic rings. The van der Waals surface area contributed by atoms with Gasteiger partial charge in [0.25, 0.3) is 0 Å². The molecule has 3 heterocycles. The van der Waals surface area contributed by atoms with Crippen LogP contribution in [0.15, 0.2) is 54.6 Å². The number of hydrogen-bond acceptors (Lipinski definition) is 5. The first-order valence-corrected chi connectivity index (χ1v) is 11.2. The minimum atomic E-state index is 0.0199. The third-order valence-electron chi connectivity index (χ3n) is 5.92. The summed E-state index contributed by atoms with van der Waals surface area (Å²) >= 11 is 6.46. The smallest absolute Gasteiger partial charge is 0.238 e. The second-order valence-electron chi connectivity index (χ2n) is 8.22. The molecule has 0 radical (unpaired) electrons. The number of carbonyl (C=O) groups excluding carboxylic acids is 1. The van der Waals surface area contributed by atoms with Crippen LogP contribution in [0.4, 0.5) is 11.5 Å². The van der Waals surface area contributed by atoms with Crippen LogP contribution >= 0.6 is 11.6 Å². The number of para-hydroxylation sites is 2. The van der Waals surface area contributed by atoms with Crippen molar-refractivity contribution in [2.24, 2.45) is 0 Å². The molecule has 8 heteroatoms. The van der Waals surface area contributed by atoms with E-state index in [-0.39, 0.29) is 11.9 Å². The van der Waals surface area contributed by atoms with Crippen molar-refractivity contribution in [2.75, 3.05) is 30.3 Å². The lowest BCUT2D eigenvalue weighted by Crippen LogP contribution is -2.42. The Labute approximate surface area is 191 Å². The fourth-order valence-electron chi connectivity index (χ4n) is 4.25. The van der Waals surface area contributed by atoms with Gasteiger partial charge in [0.2, 0.25) is 5.91 Å². The number of nitrogens with zero attached hydrogens (tertiary/aromatic N) is 4. The summed E-state index contributed by atoms with van der Waals surface area (Å²) in [4.78, 5) is 19.4. The molecule has 1 fully saturated rings. The van der Waals surface area contributed by atoms with E-state index >= 15 is 0 Å². The largest absolute Gasteiger partial charge is 0.367 e. The number of halogens is 1.